The number of nitrogens with one attached hydrogen (secondary N) is 2. The van der Waals surface area contributed by atoms with Crippen LogP contribution in [-0.2, 0) is 4.79 Å². The normalized spacial score (nSPS) is 11.7. The number of carbonyl (C=O) groups excluding carboxylic acids is 1. The van der Waals surface area contributed by atoms with Gasteiger partial charge in [0, 0.05) is 16.7 Å². The van der Waals surface area contributed by atoms with E-state index in [0.717, 1.165) is 10.0 Å². The molecular weight excluding hydrogens is 312 g/mol. The number of amides is 2. The zero-order chi connectivity index (χ0) is 14.4. The van der Waals surface area contributed by atoms with Crippen LogP contribution in [0.25, 0.3) is 0 Å². The van der Waals surface area contributed by atoms with Crippen molar-refractivity contribution in [2.24, 2.45) is 5.92 Å². The SMILES string of the molecule is CCC(CNC(=O)Nc1cccc(Br)c1C)C(=O)O. The Labute approximate surface area is 120 Å². The van der Waals surface area contributed by atoms with Gasteiger partial charge in [0.1, 0.15) is 0 Å². The lowest BCUT2D eigenvalue weighted by atomic mass is 10.1. The third-order valence-electron chi connectivity index (χ3n) is 2.87. The summed E-state index contributed by atoms with van der Waals surface area (Å²) in [6.07, 6.45) is 0.478. The summed E-state index contributed by atoms with van der Waals surface area (Å²) in [7, 11) is 0. The molecular formula is C13H17BrN2O3. The highest BCUT2D eigenvalue weighted by Gasteiger charge is 2.16. The number of hydrogen-bond donors (Lipinski definition) is 3. The van der Waals surface area contributed by atoms with E-state index in [9.17, 15) is 9.59 Å². The van der Waals surface area contributed by atoms with E-state index >= 15 is 0 Å². The average Bonchev–Trinajstić information content (AvgIpc) is 2.35. The quantitative estimate of drug-likeness (QED) is 0.777. The molecule has 0 aliphatic carbocycles. The molecule has 1 atom stereocenters. The van der Waals surface area contributed by atoms with Gasteiger partial charge in [0.2, 0.25) is 0 Å². The second-order valence-corrected chi connectivity index (χ2v) is 5.05. The Hall–Kier alpha value is -1.56. The molecule has 0 radical (unpaired) electrons. The van der Waals surface area contributed by atoms with Gasteiger partial charge in [-0.05, 0) is 31.0 Å². The zero-order valence-electron chi connectivity index (χ0n) is 10.9. The van der Waals surface area contributed by atoms with Crippen LogP contribution >= 0.6 is 15.9 Å². The minimum Gasteiger partial charge on any atom is -0.481 e. The standard InChI is InChI=1S/C13H17BrN2O3/c1-3-9(12(17)18)7-15-13(19)16-11-6-4-5-10(14)8(11)2/h4-6,9H,3,7H2,1-2H3,(H,17,18)(H2,15,16,19). The van der Waals surface area contributed by atoms with Gasteiger partial charge in [0.15, 0.2) is 0 Å². The molecule has 0 fully saturated rings. The van der Waals surface area contributed by atoms with Crippen molar-refractivity contribution >= 4 is 33.6 Å². The molecule has 104 valence electrons. The Balaban J connectivity index is 2.56. The molecule has 0 saturated carbocycles. The van der Waals surface area contributed by atoms with Crippen LogP contribution in [0, 0.1) is 12.8 Å². The van der Waals surface area contributed by atoms with Crippen LogP contribution in [0.2, 0.25) is 0 Å². The number of halogens is 1. The summed E-state index contributed by atoms with van der Waals surface area (Å²) in [6.45, 7) is 3.77. The lowest BCUT2D eigenvalue weighted by molar-refractivity contribution is -0.141. The molecule has 5 nitrogen and oxygen atoms in total. The van der Waals surface area contributed by atoms with Crippen molar-refractivity contribution in [3.05, 3.63) is 28.2 Å². The van der Waals surface area contributed by atoms with Gasteiger partial charge in [-0.1, -0.05) is 28.9 Å². The van der Waals surface area contributed by atoms with Gasteiger partial charge in [-0.25, -0.2) is 4.79 Å². The molecule has 3 N–H and O–H groups in total. The molecule has 2 amide bonds. The first-order valence-corrected chi connectivity index (χ1v) is 6.77. The van der Waals surface area contributed by atoms with E-state index in [1.807, 2.05) is 19.1 Å². The molecule has 0 aromatic heterocycles. The monoisotopic (exact) mass is 328 g/mol. The van der Waals surface area contributed by atoms with Crippen LogP contribution < -0.4 is 10.6 Å². The Kier molecular flexibility index (Phi) is 5.82. The first-order chi connectivity index (χ1) is 8.95. The number of anilines is 1. The predicted molar refractivity (Wildman–Crippen MR) is 77.3 cm³/mol. The Bertz CT molecular complexity index is 477. The summed E-state index contributed by atoms with van der Waals surface area (Å²) in [5.41, 5.74) is 1.61. The summed E-state index contributed by atoms with van der Waals surface area (Å²) in [6, 6.07) is 5.09. The van der Waals surface area contributed by atoms with Crippen LogP contribution in [0.15, 0.2) is 22.7 Å². The first-order valence-electron chi connectivity index (χ1n) is 5.98. The average molecular weight is 329 g/mol. The van der Waals surface area contributed by atoms with Crippen LogP contribution in [0.5, 0.6) is 0 Å². The maximum Gasteiger partial charge on any atom is 0.319 e. The van der Waals surface area contributed by atoms with Crippen molar-refractivity contribution in [2.75, 3.05) is 11.9 Å². The maximum atomic E-state index is 11.7. The first kappa shape index (κ1) is 15.5. The number of urea groups is 1. The van der Waals surface area contributed by atoms with Gasteiger partial charge in [-0.3, -0.25) is 4.79 Å². The van der Waals surface area contributed by atoms with E-state index in [2.05, 4.69) is 26.6 Å². The van der Waals surface area contributed by atoms with Gasteiger partial charge in [-0.15, -0.1) is 0 Å². The molecule has 19 heavy (non-hydrogen) atoms. The van der Waals surface area contributed by atoms with Crippen LogP contribution in [0.1, 0.15) is 18.9 Å². The van der Waals surface area contributed by atoms with Crippen molar-refractivity contribution in [3.63, 3.8) is 0 Å². The summed E-state index contributed by atoms with van der Waals surface area (Å²) in [4.78, 5) is 22.5. The molecule has 1 unspecified atom stereocenters. The molecule has 0 bridgehead atoms. The molecule has 0 spiro atoms. The van der Waals surface area contributed by atoms with Gasteiger partial charge in [-0.2, -0.15) is 0 Å². The second kappa shape index (κ2) is 7.13. The fourth-order valence-corrected chi connectivity index (χ4v) is 1.90. The van der Waals surface area contributed by atoms with Gasteiger partial charge < -0.3 is 15.7 Å². The molecule has 0 aliphatic heterocycles. The van der Waals surface area contributed by atoms with E-state index < -0.39 is 17.9 Å². The van der Waals surface area contributed by atoms with Crippen molar-refractivity contribution in [2.45, 2.75) is 20.3 Å². The lowest BCUT2D eigenvalue weighted by Crippen LogP contribution is -2.35. The molecule has 0 heterocycles. The fraction of sp³-hybridized carbons (Fsp3) is 0.385. The van der Waals surface area contributed by atoms with Crippen molar-refractivity contribution in [1.82, 2.24) is 5.32 Å². The number of carboxylic acids is 1. The predicted octanol–water partition coefficient (Wildman–Crippen LogP) is 2.99. The molecule has 0 saturated heterocycles. The number of rotatable bonds is 5. The van der Waals surface area contributed by atoms with Crippen molar-refractivity contribution < 1.29 is 14.7 Å². The number of benzene rings is 1. The maximum absolute atomic E-state index is 11.7. The van der Waals surface area contributed by atoms with Crippen molar-refractivity contribution in [1.29, 1.82) is 0 Å². The lowest BCUT2D eigenvalue weighted by Gasteiger charge is -2.13. The molecule has 1 aromatic rings. The Morgan fingerprint density at radius 1 is 1.42 bits per heavy atom. The molecule has 6 heteroatoms. The van der Waals surface area contributed by atoms with Crippen LogP contribution in [0.3, 0.4) is 0 Å². The van der Waals surface area contributed by atoms with Gasteiger partial charge in [0.25, 0.3) is 0 Å². The third-order valence-corrected chi connectivity index (χ3v) is 3.73. The van der Waals surface area contributed by atoms with Gasteiger partial charge in [0.05, 0.1) is 5.92 Å². The largest absolute Gasteiger partial charge is 0.481 e. The molecule has 0 aliphatic rings. The number of carbonyl (C=O) groups is 2. The third kappa shape index (κ3) is 4.55. The molecule has 1 aromatic carbocycles. The van der Waals surface area contributed by atoms with Crippen molar-refractivity contribution in [3.8, 4) is 0 Å². The van der Waals surface area contributed by atoms with E-state index in [0.29, 0.717) is 12.1 Å². The second-order valence-electron chi connectivity index (χ2n) is 4.19. The summed E-state index contributed by atoms with van der Waals surface area (Å²) in [5, 5.41) is 14.1. The van der Waals surface area contributed by atoms with Crippen LogP contribution in [-0.4, -0.2) is 23.7 Å². The number of carboxylic acid groups (broad SMARTS) is 1. The topological polar surface area (TPSA) is 78.4 Å². The zero-order valence-corrected chi connectivity index (χ0v) is 12.5. The number of hydrogen-bond acceptors (Lipinski definition) is 2. The Morgan fingerprint density at radius 2 is 2.11 bits per heavy atom. The highest BCUT2D eigenvalue weighted by molar-refractivity contribution is 9.10. The van der Waals surface area contributed by atoms with Gasteiger partial charge >= 0.3 is 12.0 Å². The highest BCUT2D eigenvalue weighted by atomic mass is 79.9. The summed E-state index contributed by atoms with van der Waals surface area (Å²) in [5.74, 6) is -1.46. The van der Waals surface area contributed by atoms with E-state index in [4.69, 9.17) is 5.11 Å². The number of aliphatic carboxylic acids is 1. The van der Waals surface area contributed by atoms with Crippen LogP contribution in [0.4, 0.5) is 10.5 Å². The van der Waals surface area contributed by atoms with E-state index in [1.165, 1.54) is 0 Å². The van der Waals surface area contributed by atoms with E-state index in [1.54, 1.807) is 13.0 Å². The minimum absolute atomic E-state index is 0.116. The van der Waals surface area contributed by atoms with E-state index in [-0.39, 0.29) is 6.54 Å². The minimum atomic E-state index is -0.901. The smallest absolute Gasteiger partial charge is 0.319 e. The highest BCUT2D eigenvalue weighted by Crippen LogP contribution is 2.23. The molecule has 1 rings (SSSR count). The fourth-order valence-electron chi connectivity index (χ4n) is 1.53. The summed E-state index contributed by atoms with van der Waals surface area (Å²) >= 11 is 3.38. The Morgan fingerprint density at radius 3 is 2.68 bits per heavy atom. The summed E-state index contributed by atoms with van der Waals surface area (Å²) < 4.78 is 0.905.